The first kappa shape index (κ1) is 17.7. The number of benzene rings is 2. The highest BCUT2D eigenvalue weighted by molar-refractivity contribution is 5.76. The van der Waals surface area contributed by atoms with Crippen molar-refractivity contribution in [3.8, 4) is 5.75 Å². The van der Waals surface area contributed by atoms with Gasteiger partial charge in [-0.1, -0.05) is 54.6 Å². The largest absolute Gasteiger partial charge is 0.494 e. The standard InChI is InChI=1S/C22H22N2O2/c25-22(15-9-17-26-20-12-5-2-6-13-20)23-21-14-7-8-16-24(21)18-19-10-3-1-4-11-19/h1-8,10-14,16H,9,15,17-18H2. The van der Waals surface area contributed by atoms with Crippen molar-refractivity contribution in [2.24, 2.45) is 4.99 Å². The van der Waals surface area contributed by atoms with Gasteiger partial charge < -0.3 is 9.30 Å². The van der Waals surface area contributed by atoms with Crippen molar-refractivity contribution in [2.75, 3.05) is 6.61 Å². The second kappa shape index (κ2) is 9.37. The van der Waals surface area contributed by atoms with Crippen molar-refractivity contribution in [1.82, 2.24) is 4.57 Å². The summed E-state index contributed by atoms with van der Waals surface area (Å²) in [4.78, 5) is 16.5. The fourth-order valence-electron chi connectivity index (χ4n) is 2.60. The van der Waals surface area contributed by atoms with Crippen LogP contribution < -0.4 is 10.2 Å². The van der Waals surface area contributed by atoms with E-state index in [1.54, 1.807) is 0 Å². The van der Waals surface area contributed by atoms with E-state index in [0.717, 1.165) is 5.75 Å². The molecule has 1 heterocycles. The Balaban J connectivity index is 1.57. The Morgan fingerprint density at radius 3 is 2.35 bits per heavy atom. The number of pyridine rings is 1. The first-order valence-corrected chi connectivity index (χ1v) is 8.76. The molecule has 132 valence electrons. The van der Waals surface area contributed by atoms with Gasteiger partial charge in [0.1, 0.15) is 11.2 Å². The molecule has 0 saturated carbocycles. The number of hydrogen-bond donors (Lipinski definition) is 0. The van der Waals surface area contributed by atoms with Gasteiger partial charge in [0.15, 0.2) is 0 Å². The molecule has 0 spiro atoms. The van der Waals surface area contributed by atoms with Crippen molar-refractivity contribution in [1.29, 1.82) is 0 Å². The molecule has 0 aliphatic carbocycles. The van der Waals surface area contributed by atoms with E-state index >= 15 is 0 Å². The Hall–Kier alpha value is -3.14. The molecule has 0 atom stereocenters. The van der Waals surface area contributed by atoms with E-state index in [9.17, 15) is 4.79 Å². The minimum atomic E-state index is -0.130. The number of rotatable bonds is 7. The summed E-state index contributed by atoms with van der Waals surface area (Å²) in [5.74, 6) is 0.690. The molecule has 0 aliphatic heterocycles. The van der Waals surface area contributed by atoms with Gasteiger partial charge >= 0.3 is 0 Å². The monoisotopic (exact) mass is 346 g/mol. The average molecular weight is 346 g/mol. The lowest BCUT2D eigenvalue weighted by molar-refractivity contribution is -0.118. The minimum Gasteiger partial charge on any atom is -0.494 e. The number of nitrogens with zero attached hydrogens (tertiary/aromatic N) is 2. The van der Waals surface area contributed by atoms with E-state index in [0.29, 0.717) is 31.5 Å². The van der Waals surface area contributed by atoms with Crippen LogP contribution in [0.4, 0.5) is 0 Å². The average Bonchev–Trinajstić information content (AvgIpc) is 2.68. The van der Waals surface area contributed by atoms with Crippen LogP contribution in [-0.2, 0) is 11.3 Å². The molecule has 3 aromatic rings. The zero-order valence-electron chi connectivity index (χ0n) is 14.6. The Kier molecular flexibility index (Phi) is 6.37. The highest BCUT2D eigenvalue weighted by Gasteiger charge is 2.02. The highest BCUT2D eigenvalue weighted by Crippen LogP contribution is 2.09. The van der Waals surface area contributed by atoms with E-state index in [-0.39, 0.29) is 5.91 Å². The van der Waals surface area contributed by atoms with Crippen molar-refractivity contribution >= 4 is 5.91 Å². The summed E-state index contributed by atoms with van der Waals surface area (Å²) in [5.41, 5.74) is 1.84. The molecular weight excluding hydrogens is 324 g/mol. The predicted octanol–water partition coefficient (Wildman–Crippen LogP) is 3.82. The van der Waals surface area contributed by atoms with E-state index in [2.05, 4.69) is 17.1 Å². The number of ether oxygens (including phenoxy) is 1. The summed E-state index contributed by atoms with van der Waals surface area (Å²) in [6.45, 7) is 1.19. The number of para-hydroxylation sites is 1. The Morgan fingerprint density at radius 2 is 1.58 bits per heavy atom. The zero-order chi connectivity index (χ0) is 18.0. The summed E-state index contributed by atoms with van der Waals surface area (Å²) in [6, 6.07) is 25.4. The smallest absolute Gasteiger partial charge is 0.247 e. The molecular formula is C22H22N2O2. The number of carbonyl (C=O) groups is 1. The summed E-state index contributed by atoms with van der Waals surface area (Å²) in [5, 5.41) is 0. The van der Waals surface area contributed by atoms with Crippen LogP contribution in [0.25, 0.3) is 0 Å². The number of hydrogen-bond acceptors (Lipinski definition) is 2. The number of aromatic nitrogens is 1. The maximum absolute atomic E-state index is 12.2. The van der Waals surface area contributed by atoms with Gasteiger partial charge in [0.25, 0.3) is 0 Å². The molecule has 0 unspecified atom stereocenters. The van der Waals surface area contributed by atoms with Gasteiger partial charge in [0.2, 0.25) is 5.91 Å². The quantitative estimate of drug-likeness (QED) is 0.610. The third-order valence-corrected chi connectivity index (χ3v) is 3.90. The Labute approximate surface area is 153 Å². The fraction of sp³-hybridized carbons (Fsp3) is 0.182. The van der Waals surface area contributed by atoms with E-state index < -0.39 is 0 Å². The molecule has 0 aliphatic rings. The predicted molar refractivity (Wildman–Crippen MR) is 102 cm³/mol. The van der Waals surface area contributed by atoms with Crippen LogP contribution in [0.15, 0.2) is 90.1 Å². The third kappa shape index (κ3) is 5.45. The van der Waals surface area contributed by atoms with Gasteiger partial charge in [-0.2, -0.15) is 4.99 Å². The van der Waals surface area contributed by atoms with Gasteiger partial charge in [0.05, 0.1) is 6.61 Å². The molecule has 0 saturated heterocycles. The summed E-state index contributed by atoms with van der Waals surface area (Å²) in [6.07, 6.45) is 2.95. The number of amides is 1. The molecule has 1 aromatic heterocycles. The van der Waals surface area contributed by atoms with E-state index in [1.165, 1.54) is 5.56 Å². The van der Waals surface area contributed by atoms with Gasteiger partial charge in [0, 0.05) is 19.2 Å². The molecule has 2 aromatic carbocycles. The van der Waals surface area contributed by atoms with Gasteiger partial charge in [-0.3, -0.25) is 4.79 Å². The maximum atomic E-state index is 12.2. The minimum absolute atomic E-state index is 0.130. The Bertz CT molecular complexity index is 887. The highest BCUT2D eigenvalue weighted by atomic mass is 16.5. The normalized spacial score (nSPS) is 11.3. The summed E-state index contributed by atoms with van der Waals surface area (Å²) >= 11 is 0. The summed E-state index contributed by atoms with van der Waals surface area (Å²) in [7, 11) is 0. The van der Waals surface area contributed by atoms with Crippen LogP contribution >= 0.6 is 0 Å². The zero-order valence-corrected chi connectivity index (χ0v) is 14.6. The lowest BCUT2D eigenvalue weighted by atomic mass is 10.2. The van der Waals surface area contributed by atoms with E-state index in [4.69, 9.17) is 4.74 Å². The third-order valence-electron chi connectivity index (χ3n) is 3.90. The molecule has 0 N–H and O–H groups in total. The second-order valence-corrected chi connectivity index (χ2v) is 5.94. The maximum Gasteiger partial charge on any atom is 0.247 e. The van der Waals surface area contributed by atoms with Crippen LogP contribution in [0.2, 0.25) is 0 Å². The van der Waals surface area contributed by atoms with Gasteiger partial charge in [-0.05, 0) is 36.2 Å². The molecule has 3 rings (SSSR count). The lowest BCUT2D eigenvalue weighted by Crippen LogP contribution is -2.22. The molecule has 0 fully saturated rings. The molecule has 0 bridgehead atoms. The lowest BCUT2D eigenvalue weighted by Gasteiger charge is -2.07. The molecule has 4 heteroatoms. The van der Waals surface area contributed by atoms with E-state index in [1.807, 2.05) is 77.5 Å². The summed E-state index contributed by atoms with van der Waals surface area (Å²) < 4.78 is 7.59. The molecule has 0 radical (unpaired) electrons. The molecule has 1 amide bonds. The Morgan fingerprint density at radius 1 is 0.885 bits per heavy atom. The van der Waals surface area contributed by atoms with Gasteiger partial charge in [-0.25, -0.2) is 0 Å². The fourth-order valence-corrected chi connectivity index (χ4v) is 2.60. The van der Waals surface area contributed by atoms with Crippen molar-refractivity contribution in [2.45, 2.75) is 19.4 Å². The van der Waals surface area contributed by atoms with Crippen LogP contribution in [0.1, 0.15) is 18.4 Å². The van der Waals surface area contributed by atoms with Crippen molar-refractivity contribution in [3.63, 3.8) is 0 Å². The SMILES string of the molecule is O=C(CCCOc1ccccc1)N=c1ccccn1Cc1ccccc1. The van der Waals surface area contributed by atoms with Crippen molar-refractivity contribution < 1.29 is 9.53 Å². The first-order chi connectivity index (χ1) is 12.8. The van der Waals surface area contributed by atoms with Crippen LogP contribution in [0, 0.1) is 0 Å². The van der Waals surface area contributed by atoms with Gasteiger partial charge in [-0.15, -0.1) is 0 Å². The topological polar surface area (TPSA) is 43.6 Å². The second-order valence-electron chi connectivity index (χ2n) is 5.94. The van der Waals surface area contributed by atoms with Crippen LogP contribution in [0.5, 0.6) is 5.75 Å². The van der Waals surface area contributed by atoms with Crippen molar-refractivity contribution in [3.05, 3.63) is 96.1 Å². The number of carbonyl (C=O) groups excluding carboxylic acids is 1. The first-order valence-electron chi connectivity index (χ1n) is 8.76. The van der Waals surface area contributed by atoms with Crippen LogP contribution in [0.3, 0.4) is 0 Å². The molecule has 4 nitrogen and oxygen atoms in total. The van der Waals surface area contributed by atoms with Crippen LogP contribution in [-0.4, -0.2) is 17.1 Å². The molecule has 26 heavy (non-hydrogen) atoms.